The first-order valence-electron chi connectivity index (χ1n) is 8.19. The molecule has 0 aliphatic rings. The average molecular weight is 378 g/mol. The summed E-state index contributed by atoms with van der Waals surface area (Å²) in [6, 6.07) is 11.8. The number of amides is 1. The Bertz CT molecular complexity index is 797. The third kappa shape index (κ3) is 6.25. The molecule has 2 rings (SSSR count). The molecule has 0 fully saturated rings. The van der Waals surface area contributed by atoms with Gasteiger partial charge in [0.1, 0.15) is 0 Å². The summed E-state index contributed by atoms with van der Waals surface area (Å²) in [6.07, 6.45) is 2.13. The molecular formula is C19H20F2N2O4. The number of methoxy groups -OCH3 is 1. The van der Waals surface area contributed by atoms with Crippen LogP contribution in [0, 0.1) is 0 Å². The van der Waals surface area contributed by atoms with Gasteiger partial charge < -0.3 is 19.6 Å². The summed E-state index contributed by atoms with van der Waals surface area (Å²) < 4.78 is 33.9. The van der Waals surface area contributed by atoms with Gasteiger partial charge >= 0.3 is 6.61 Å². The van der Waals surface area contributed by atoms with Gasteiger partial charge in [-0.15, -0.1) is 0 Å². The van der Waals surface area contributed by atoms with E-state index in [4.69, 9.17) is 9.57 Å². The third-order valence-corrected chi connectivity index (χ3v) is 3.55. The molecule has 0 spiro atoms. The maximum absolute atomic E-state index is 12.3. The minimum Gasteiger partial charge on any atom is -0.493 e. The Morgan fingerprint density at radius 1 is 1.22 bits per heavy atom. The number of carbonyl (C=O) groups is 1. The second kappa shape index (κ2) is 10.1. The molecule has 0 aliphatic heterocycles. The first-order chi connectivity index (χ1) is 13.0. The molecule has 0 saturated heterocycles. The SMILES string of the molecule is CCc1ccccc1NC(=O)CO/N=C/c1ccc(OC(F)F)c(OC)c1. The Balaban J connectivity index is 1.89. The number of anilines is 1. The van der Waals surface area contributed by atoms with Gasteiger partial charge in [-0.3, -0.25) is 4.79 Å². The van der Waals surface area contributed by atoms with Gasteiger partial charge in [0.05, 0.1) is 13.3 Å². The number of carbonyl (C=O) groups excluding carboxylic acids is 1. The van der Waals surface area contributed by atoms with Crippen molar-refractivity contribution in [2.24, 2.45) is 5.16 Å². The molecule has 1 amide bonds. The Labute approximate surface area is 155 Å². The predicted molar refractivity (Wildman–Crippen MR) is 97.6 cm³/mol. The molecule has 0 aromatic heterocycles. The number of halogens is 2. The normalized spacial score (nSPS) is 10.9. The standard InChI is InChI=1S/C19H20F2N2O4/c1-3-14-6-4-5-7-15(14)23-18(24)12-26-22-11-13-8-9-16(27-19(20)21)17(10-13)25-2/h4-11,19H,3,12H2,1-2H3,(H,23,24)/b22-11+. The van der Waals surface area contributed by atoms with Crippen LogP contribution in [-0.2, 0) is 16.1 Å². The maximum Gasteiger partial charge on any atom is 0.387 e. The van der Waals surface area contributed by atoms with Gasteiger partial charge in [-0.2, -0.15) is 8.78 Å². The van der Waals surface area contributed by atoms with Crippen LogP contribution >= 0.6 is 0 Å². The number of aryl methyl sites for hydroxylation is 1. The van der Waals surface area contributed by atoms with Gasteiger partial charge in [0.25, 0.3) is 5.91 Å². The minimum absolute atomic E-state index is 0.0838. The van der Waals surface area contributed by atoms with Crippen molar-refractivity contribution >= 4 is 17.8 Å². The van der Waals surface area contributed by atoms with Gasteiger partial charge in [-0.1, -0.05) is 30.3 Å². The summed E-state index contributed by atoms with van der Waals surface area (Å²) >= 11 is 0. The Morgan fingerprint density at radius 3 is 2.70 bits per heavy atom. The second-order valence-electron chi connectivity index (χ2n) is 5.36. The highest BCUT2D eigenvalue weighted by atomic mass is 19.3. The van der Waals surface area contributed by atoms with Gasteiger partial charge in [0.2, 0.25) is 0 Å². The predicted octanol–water partition coefficient (Wildman–Crippen LogP) is 3.85. The molecular weight excluding hydrogens is 358 g/mol. The van der Waals surface area contributed by atoms with Gasteiger partial charge in [0.15, 0.2) is 18.1 Å². The zero-order valence-corrected chi connectivity index (χ0v) is 14.9. The summed E-state index contributed by atoms with van der Waals surface area (Å²) in [6.45, 7) is -1.21. The number of nitrogens with zero attached hydrogens (tertiary/aromatic N) is 1. The van der Waals surface area contributed by atoms with Crippen molar-refractivity contribution in [1.29, 1.82) is 0 Å². The molecule has 2 aromatic carbocycles. The van der Waals surface area contributed by atoms with E-state index in [1.807, 2.05) is 31.2 Å². The quantitative estimate of drug-likeness (QED) is 0.532. The lowest BCUT2D eigenvalue weighted by Gasteiger charge is -2.10. The van der Waals surface area contributed by atoms with Crippen molar-refractivity contribution in [2.45, 2.75) is 20.0 Å². The summed E-state index contributed by atoms with van der Waals surface area (Å²) in [7, 11) is 1.34. The van der Waals surface area contributed by atoms with Crippen molar-refractivity contribution in [3.05, 3.63) is 53.6 Å². The Hall–Kier alpha value is -3.16. The number of benzene rings is 2. The molecule has 8 heteroatoms. The molecule has 0 radical (unpaired) electrons. The van der Waals surface area contributed by atoms with Crippen LogP contribution in [0.1, 0.15) is 18.1 Å². The first kappa shape index (κ1) is 20.2. The third-order valence-electron chi connectivity index (χ3n) is 3.55. The minimum atomic E-state index is -2.95. The highest BCUT2D eigenvalue weighted by Gasteiger charge is 2.10. The Morgan fingerprint density at radius 2 is 2.00 bits per heavy atom. The maximum atomic E-state index is 12.3. The van der Waals surface area contributed by atoms with E-state index in [2.05, 4.69) is 15.2 Å². The molecule has 0 unspecified atom stereocenters. The zero-order chi connectivity index (χ0) is 19.6. The fourth-order valence-corrected chi connectivity index (χ4v) is 2.29. The van der Waals surface area contributed by atoms with Gasteiger partial charge in [-0.25, -0.2) is 0 Å². The topological polar surface area (TPSA) is 69.2 Å². The monoisotopic (exact) mass is 378 g/mol. The Kier molecular flexibility index (Phi) is 7.54. The summed E-state index contributed by atoms with van der Waals surface area (Å²) in [5.41, 5.74) is 2.29. The van der Waals surface area contributed by atoms with E-state index >= 15 is 0 Å². The molecule has 0 atom stereocenters. The van der Waals surface area contributed by atoms with Crippen LogP contribution in [0.25, 0.3) is 0 Å². The number of alkyl halides is 2. The van der Waals surface area contributed by atoms with Crippen LogP contribution in [0.5, 0.6) is 11.5 Å². The van der Waals surface area contributed by atoms with E-state index in [1.165, 1.54) is 31.5 Å². The van der Waals surface area contributed by atoms with Crippen LogP contribution in [-0.4, -0.2) is 32.4 Å². The lowest BCUT2D eigenvalue weighted by atomic mass is 10.1. The fourth-order valence-electron chi connectivity index (χ4n) is 2.29. The van der Waals surface area contributed by atoms with Gasteiger partial charge in [-0.05, 0) is 36.2 Å². The van der Waals surface area contributed by atoms with Crippen molar-refractivity contribution in [1.82, 2.24) is 0 Å². The molecule has 2 aromatic rings. The molecule has 0 heterocycles. The van der Waals surface area contributed by atoms with Gasteiger partial charge in [0, 0.05) is 11.3 Å². The average Bonchev–Trinajstić information content (AvgIpc) is 2.66. The number of nitrogens with one attached hydrogen (secondary N) is 1. The number of para-hydroxylation sites is 1. The number of ether oxygens (including phenoxy) is 2. The van der Waals surface area contributed by atoms with E-state index in [9.17, 15) is 13.6 Å². The molecule has 144 valence electrons. The van der Waals surface area contributed by atoms with Crippen LogP contribution in [0.4, 0.5) is 14.5 Å². The van der Waals surface area contributed by atoms with Crippen LogP contribution in [0.15, 0.2) is 47.6 Å². The fraction of sp³-hybridized carbons (Fsp3) is 0.263. The summed E-state index contributed by atoms with van der Waals surface area (Å²) in [5.74, 6) is -0.293. The summed E-state index contributed by atoms with van der Waals surface area (Å²) in [4.78, 5) is 16.9. The van der Waals surface area contributed by atoms with Crippen LogP contribution in [0.3, 0.4) is 0 Å². The molecule has 6 nitrogen and oxygen atoms in total. The van der Waals surface area contributed by atoms with E-state index in [0.29, 0.717) is 5.56 Å². The molecule has 0 saturated carbocycles. The van der Waals surface area contributed by atoms with Crippen LogP contribution in [0.2, 0.25) is 0 Å². The van der Waals surface area contributed by atoms with Crippen molar-refractivity contribution in [2.75, 3.05) is 19.0 Å². The lowest BCUT2D eigenvalue weighted by molar-refractivity contribution is -0.120. The molecule has 1 N–H and O–H groups in total. The molecule has 27 heavy (non-hydrogen) atoms. The van der Waals surface area contributed by atoms with E-state index in [1.54, 1.807) is 0 Å². The molecule has 0 bridgehead atoms. The van der Waals surface area contributed by atoms with Crippen LogP contribution < -0.4 is 14.8 Å². The lowest BCUT2D eigenvalue weighted by Crippen LogP contribution is -2.17. The van der Waals surface area contributed by atoms with E-state index < -0.39 is 6.61 Å². The van der Waals surface area contributed by atoms with Crippen molar-refractivity contribution in [3.8, 4) is 11.5 Å². The zero-order valence-electron chi connectivity index (χ0n) is 14.9. The summed E-state index contributed by atoms with van der Waals surface area (Å²) in [5, 5.41) is 6.46. The smallest absolute Gasteiger partial charge is 0.387 e. The first-order valence-corrected chi connectivity index (χ1v) is 8.19. The number of hydrogen-bond acceptors (Lipinski definition) is 5. The van der Waals surface area contributed by atoms with Crippen molar-refractivity contribution < 1.29 is 27.9 Å². The number of rotatable bonds is 9. The second-order valence-corrected chi connectivity index (χ2v) is 5.36. The number of oxime groups is 1. The highest BCUT2D eigenvalue weighted by molar-refractivity contribution is 5.92. The molecule has 0 aliphatic carbocycles. The van der Waals surface area contributed by atoms with E-state index in [-0.39, 0.29) is 24.0 Å². The van der Waals surface area contributed by atoms with Crippen molar-refractivity contribution in [3.63, 3.8) is 0 Å². The largest absolute Gasteiger partial charge is 0.493 e. The number of hydrogen-bond donors (Lipinski definition) is 1. The van der Waals surface area contributed by atoms with E-state index in [0.717, 1.165) is 17.7 Å². The highest BCUT2D eigenvalue weighted by Crippen LogP contribution is 2.28.